The van der Waals surface area contributed by atoms with Crippen LogP contribution in [0.3, 0.4) is 0 Å². The van der Waals surface area contributed by atoms with Gasteiger partial charge in [-0.15, -0.1) is 22.7 Å². The Kier molecular flexibility index (Phi) is 7.06. The van der Waals surface area contributed by atoms with Crippen molar-refractivity contribution in [3.63, 3.8) is 0 Å². The van der Waals surface area contributed by atoms with Gasteiger partial charge in [-0.05, 0) is 72.5 Å². The van der Waals surface area contributed by atoms with Gasteiger partial charge in [-0.2, -0.15) is 0 Å². The highest BCUT2D eigenvalue weighted by molar-refractivity contribution is 7.12. The van der Waals surface area contributed by atoms with E-state index in [-0.39, 0.29) is 11.8 Å². The Labute approximate surface area is 202 Å². The average Bonchev–Trinajstić information content (AvgIpc) is 3.50. The van der Waals surface area contributed by atoms with Crippen LogP contribution in [0, 0.1) is 20.8 Å². The van der Waals surface area contributed by atoms with E-state index >= 15 is 0 Å². The van der Waals surface area contributed by atoms with Crippen LogP contribution in [-0.4, -0.2) is 11.8 Å². The zero-order valence-corrected chi connectivity index (χ0v) is 20.5. The van der Waals surface area contributed by atoms with E-state index in [0.29, 0.717) is 17.1 Å². The molecule has 0 saturated carbocycles. The zero-order valence-electron chi connectivity index (χ0n) is 18.9. The van der Waals surface area contributed by atoms with Crippen LogP contribution in [-0.2, 0) is 11.3 Å². The van der Waals surface area contributed by atoms with Crippen LogP contribution in [0.2, 0.25) is 0 Å². The van der Waals surface area contributed by atoms with E-state index in [1.165, 1.54) is 11.3 Å². The molecule has 0 bridgehead atoms. The van der Waals surface area contributed by atoms with Crippen molar-refractivity contribution in [2.45, 2.75) is 33.4 Å². The maximum absolute atomic E-state index is 13.8. The van der Waals surface area contributed by atoms with Crippen LogP contribution in [0.25, 0.3) is 0 Å². The first-order chi connectivity index (χ1) is 15.9. The van der Waals surface area contributed by atoms with Crippen LogP contribution in [0.5, 0.6) is 0 Å². The minimum absolute atomic E-state index is 0.188. The molecule has 0 spiro atoms. The molecule has 2 aromatic heterocycles. The quantitative estimate of drug-likeness (QED) is 0.335. The van der Waals surface area contributed by atoms with Crippen molar-refractivity contribution >= 4 is 40.2 Å². The number of anilines is 1. The van der Waals surface area contributed by atoms with E-state index in [1.807, 2.05) is 86.1 Å². The molecule has 2 heterocycles. The minimum atomic E-state index is -0.804. The monoisotopic (exact) mass is 474 g/mol. The Morgan fingerprint density at radius 3 is 2.12 bits per heavy atom. The summed E-state index contributed by atoms with van der Waals surface area (Å²) in [6.07, 6.45) is 0. The molecule has 33 heavy (non-hydrogen) atoms. The second-order valence-electron chi connectivity index (χ2n) is 8.11. The van der Waals surface area contributed by atoms with E-state index in [9.17, 15) is 9.59 Å². The summed E-state index contributed by atoms with van der Waals surface area (Å²) in [5.74, 6) is -0.400. The summed E-state index contributed by atoms with van der Waals surface area (Å²) in [5, 5.41) is 6.93. The molecule has 4 rings (SSSR count). The van der Waals surface area contributed by atoms with Crippen LogP contribution < -0.4 is 10.2 Å². The molecule has 0 radical (unpaired) electrons. The molecule has 0 aliphatic carbocycles. The fraction of sp³-hybridized carbons (Fsp3) is 0.185. The molecule has 2 aromatic carbocycles. The van der Waals surface area contributed by atoms with Crippen molar-refractivity contribution in [3.05, 3.63) is 109 Å². The second-order valence-corrected chi connectivity index (χ2v) is 10.1. The SMILES string of the molecule is Cc1ccc([C@H](C(=O)NCc2cccs2)N(C(=O)c2cccs2)c2cc(C)cc(C)c2)cc1. The molecule has 0 saturated heterocycles. The fourth-order valence-corrected chi connectivity index (χ4v) is 5.15. The van der Waals surface area contributed by atoms with Crippen molar-refractivity contribution in [3.8, 4) is 0 Å². The molecule has 2 amide bonds. The van der Waals surface area contributed by atoms with Gasteiger partial charge >= 0.3 is 0 Å². The van der Waals surface area contributed by atoms with Gasteiger partial charge in [0, 0.05) is 10.6 Å². The lowest BCUT2D eigenvalue weighted by molar-refractivity contribution is -0.122. The van der Waals surface area contributed by atoms with Crippen molar-refractivity contribution in [2.24, 2.45) is 0 Å². The van der Waals surface area contributed by atoms with Gasteiger partial charge in [0.1, 0.15) is 6.04 Å². The lowest BCUT2D eigenvalue weighted by Gasteiger charge is -2.32. The van der Waals surface area contributed by atoms with E-state index in [0.717, 1.165) is 27.1 Å². The number of carbonyl (C=O) groups excluding carboxylic acids is 2. The number of aryl methyl sites for hydroxylation is 3. The first-order valence-corrected chi connectivity index (χ1v) is 12.5. The summed E-state index contributed by atoms with van der Waals surface area (Å²) in [7, 11) is 0. The summed E-state index contributed by atoms with van der Waals surface area (Å²) < 4.78 is 0. The topological polar surface area (TPSA) is 49.4 Å². The maximum Gasteiger partial charge on any atom is 0.269 e. The Hall–Kier alpha value is -3.22. The van der Waals surface area contributed by atoms with Crippen LogP contribution in [0.15, 0.2) is 77.5 Å². The lowest BCUT2D eigenvalue weighted by Crippen LogP contribution is -2.43. The Morgan fingerprint density at radius 1 is 0.848 bits per heavy atom. The molecule has 0 fully saturated rings. The van der Waals surface area contributed by atoms with Gasteiger partial charge in [-0.3, -0.25) is 14.5 Å². The third kappa shape index (κ3) is 5.41. The van der Waals surface area contributed by atoms with Gasteiger partial charge in [0.05, 0.1) is 11.4 Å². The predicted molar refractivity (Wildman–Crippen MR) is 137 cm³/mol. The van der Waals surface area contributed by atoms with E-state index in [4.69, 9.17) is 0 Å². The second kappa shape index (κ2) is 10.1. The van der Waals surface area contributed by atoms with Crippen molar-refractivity contribution in [1.82, 2.24) is 5.32 Å². The molecule has 4 aromatic rings. The van der Waals surface area contributed by atoms with Crippen molar-refractivity contribution < 1.29 is 9.59 Å². The largest absolute Gasteiger partial charge is 0.349 e. The highest BCUT2D eigenvalue weighted by Gasteiger charge is 2.34. The van der Waals surface area contributed by atoms with Gasteiger partial charge in [0.15, 0.2) is 0 Å². The van der Waals surface area contributed by atoms with Crippen molar-refractivity contribution in [1.29, 1.82) is 0 Å². The summed E-state index contributed by atoms with van der Waals surface area (Å²) in [5.41, 5.74) is 4.65. The Balaban J connectivity index is 1.81. The number of rotatable bonds is 7. The summed E-state index contributed by atoms with van der Waals surface area (Å²) >= 11 is 2.97. The normalized spacial score (nSPS) is 11.7. The van der Waals surface area contributed by atoms with Gasteiger partial charge in [0.2, 0.25) is 5.91 Å². The van der Waals surface area contributed by atoms with Gasteiger partial charge in [-0.25, -0.2) is 0 Å². The van der Waals surface area contributed by atoms with Crippen LogP contribution >= 0.6 is 22.7 Å². The highest BCUT2D eigenvalue weighted by Crippen LogP contribution is 2.32. The fourth-order valence-electron chi connectivity index (χ4n) is 3.84. The molecular formula is C27H26N2O2S2. The molecule has 1 N–H and O–H groups in total. The molecule has 168 valence electrons. The van der Waals surface area contributed by atoms with E-state index < -0.39 is 6.04 Å². The number of nitrogens with one attached hydrogen (secondary N) is 1. The average molecular weight is 475 g/mol. The summed E-state index contributed by atoms with van der Waals surface area (Å²) in [6.45, 7) is 6.44. The maximum atomic E-state index is 13.8. The number of carbonyl (C=O) groups is 2. The first-order valence-electron chi connectivity index (χ1n) is 10.7. The zero-order chi connectivity index (χ0) is 23.4. The molecule has 0 aliphatic rings. The van der Waals surface area contributed by atoms with Gasteiger partial charge in [-0.1, -0.05) is 48.0 Å². The van der Waals surface area contributed by atoms with E-state index in [1.54, 1.807) is 22.3 Å². The lowest BCUT2D eigenvalue weighted by atomic mass is 10.0. The Bertz CT molecular complexity index is 1210. The number of hydrogen-bond donors (Lipinski definition) is 1. The Morgan fingerprint density at radius 2 is 1.52 bits per heavy atom. The number of nitrogens with zero attached hydrogens (tertiary/aromatic N) is 1. The molecule has 6 heteroatoms. The molecule has 4 nitrogen and oxygen atoms in total. The number of amides is 2. The van der Waals surface area contributed by atoms with Gasteiger partial charge < -0.3 is 5.32 Å². The molecule has 1 atom stereocenters. The third-order valence-electron chi connectivity index (χ3n) is 5.35. The first kappa shape index (κ1) is 23.0. The molecular weight excluding hydrogens is 448 g/mol. The number of hydrogen-bond acceptors (Lipinski definition) is 4. The van der Waals surface area contributed by atoms with Crippen LogP contribution in [0.1, 0.15) is 42.8 Å². The van der Waals surface area contributed by atoms with Crippen LogP contribution in [0.4, 0.5) is 5.69 Å². The number of thiophene rings is 2. The van der Waals surface area contributed by atoms with Gasteiger partial charge in [0.25, 0.3) is 5.91 Å². The summed E-state index contributed by atoms with van der Waals surface area (Å²) in [6, 6.07) is 20.6. The standard InChI is InChI=1S/C27H26N2O2S2/c1-18-8-10-21(11-9-18)25(26(30)28-17-23-6-4-12-32-23)29(27(31)24-7-5-13-33-24)22-15-19(2)14-20(3)16-22/h4-16,25H,17H2,1-3H3,(H,28,30)/t25-/m1/s1. The predicted octanol–water partition coefficient (Wildman–Crippen LogP) is 6.44. The highest BCUT2D eigenvalue weighted by atomic mass is 32.1. The smallest absolute Gasteiger partial charge is 0.269 e. The molecule has 0 aliphatic heterocycles. The minimum Gasteiger partial charge on any atom is -0.349 e. The van der Waals surface area contributed by atoms with E-state index in [2.05, 4.69) is 11.4 Å². The van der Waals surface area contributed by atoms with Crippen molar-refractivity contribution in [2.75, 3.05) is 4.90 Å². The number of benzene rings is 2. The third-order valence-corrected chi connectivity index (χ3v) is 7.09. The summed E-state index contributed by atoms with van der Waals surface area (Å²) in [4.78, 5) is 30.8. The molecule has 0 unspecified atom stereocenters.